The smallest absolute Gasteiger partial charge is 0.116 e. The van der Waals surface area contributed by atoms with Crippen LogP contribution in [0.5, 0.6) is 0 Å². The highest BCUT2D eigenvalue weighted by Gasteiger charge is 2.25. The third-order valence-corrected chi connectivity index (χ3v) is 3.26. The van der Waals surface area contributed by atoms with Gasteiger partial charge in [0, 0.05) is 9.75 Å². The lowest BCUT2D eigenvalue weighted by Gasteiger charge is -2.21. The van der Waals surface area contributed by atoms with Gasteiger partial charge in [0.05, 0.1) is 0 Å². The van der Waals surface area contributed by atoms with Gasteiger partial charge in [-0.25, -0.2) is 0 Å². The molecule has 0 fully saturated rings. The molecule has 1 unspecified atom stereocenters. The van der Waals surface area contributed by atoms with Gasteiger partial charge in [-0.15, -0.1) is 11.3 Å². The molecule has 0 aromatic carbocycles. The summed E-state index contributed by atoms with van der Waals surface area (Å²) in [6.07, 6.45) is 0. The Balaban J connectivity index is 3.05. The number of hydrogen-bond donors (Lipinski definition) is 1. The number of thiophene rings is 1. The van der Waals surface area contributed by atoms with Crippen molar-refractivity contribution in [2.24, 2.45) is 0 Å². The second-order valence-electron chi connectivity index (χ2n) is 3.26. The van der Waals surface area contributed by atoms with Gasteiger partial charge in [-0.05, 0) is 38.5 Å². The maximum absolute atomic E-state index is 9.99. The maximum atomic E-state index is 9.99. The van der Waals surface area contributed by atoms with E-state index in [-0.39, 0.29) is 0 Å². The van der Waals surface area contributed by atoms with Gasteiger partial charge in [0.15, 0.2) is 0 Å². The molecule has 12 heavy (non-hydrogen) atoms. The Bertz CT molecular complexity index is 297. The van der Waals surface area contributed by atoms with E-state index in [1.807, 2.05) is 26.0 Å². The molecule has 1 aromatic rings. The van der Waals surface area contributed by atoms with Gasteiger partial charge in [-0.2, -0.15) is 0 Å². The minimum atomic E-state index is -0.862. The first-order valence-corrected chi connectivity index (χ1v) is 4.71. The molecule has 2 heteroatoms. The highest BCUT2D eigenvalue weighted by molar-refractivity contribution is 7.12. The Labute approximate surface area is 77.4 Å². The van der Waals surface area contributed by atoms with Crippen molar-refractivity contribution in [1.82, 2.24) is 0 Å². The molecular weight excluding hydrogens is 168 g/mol. The van der Waals surface area contributed by atoms with E-state index in [4.69, 9.17) is 0 Å². The molecule has 0 spiro atoms. The van der Waals surface area contributed by atoms with E-state index in [0.29, 0.717) is 0 Å². The molecule has 1 rings (SSSR count). The summed E-state index contributed by atoms with van der Waals surface area (Å²) in [4.78, 5) is 2.18. The van der Waals surface area contributed by atoms with Crippen molar-refractivity contribution in [3.8, 4) is 0 Å². The first-order chi connectivity index (χ1) is 5.44. The molecule has 0 radical (unpaired) electrons. The fraction of sp³-hybridized carbons (Fsp3) is 0.400. The first kappa shape index (κ1) is 9.49. The second-order valence-corrected chi connectivity index (χ2v) is 4.55. The monoisotopic (exact) mass is 182 g/mol. The minimum absolute atomic E-state index is 0.782. The molecule has 1 heterocycles. The van der Waals surface area contributed by atoms with Gasteiger partial charge in [-0.3, -0.25) is 0 Å². The molecule has 0 saturated heterocycles. The highest BCUT2D eigenvalue weighted by Crippen LogP contribution is 2.32. The van der Waals surface area contributed by atoms with Crippen molar-refractivity contribution in [3.05, 3.63) is 34.0 Å². The van der Waals surface area contributed by atoms with Crippen LogP contribution in [0.25, 0.3) is 0 Å². The largest absolute Gasteiger partial charge is 0.380 e. The van der Waals surface area contributed by atoms with Crippen molar-refractivity contribution in [3.63, 3.8) is 0 Å². The molecule has 0 saturated carbocycles. The van der Waals surface area contributed by atoms with Crippen molar-refractivity contribution < 1.29 is 5.11 Å². The first-order valence-electron chi connectivity index (χ1n) is 3.90. The molecular formula is C10H14OS. The molecule has 0 aliphatic rings. The van der Waals surface area contributed by atoms with Crippen LogP contribution in [0.15, 0.2) is 24.3 Å². The third-order valence-electron chi connectivity index (χ3n) is 2.05. The lowest BCUT2D eigenvalue weighted by molar-refractivity contribution is 0.102. The summed E-state index contributed by atoms with van der Waals surface area (Å²) < 4.78 is 0. The van der Waals surface area contributed by atoms with E-state index >= 15 is 0 Å². The van der Waals surface area contributed by atoms with Crippen molar-refractivity contribution in [1.29, 1.82) is 0 Å². The van der Waals surface area contributed by atoms with Crippen LogP contribution in [0.2, 0.25) is 0 Å². The molecule has 0 amide bonds. The lowest BCUT2D eigenvalue weighted by atomic mass is 9.97. The zero-order chi connectivity index (χ0) is 9.35. The molecule has 0 aliphatic heterocycles. The molecule has 66 valence electrons. The Hall–Kier alpha value is -0.600. The number of aryl methyl sites for hydroxylation is 1. The number of rotatable bonds is 2. The SMILES string of the molecule is C=C(C)C(C)(O)c1ccc(C)s1. The zero-order valence-corrected chi connectivity index (χ0v) is 8.53. The van der Waals surface area contributed by atoms with Gasteiger partial charge >= 0.3 is 0 Å². The van der Waals surface area contributed by atoms with E-state index in [1.54, 1.807) is 18.3 Å². The van der Waals surface area contributed by atoms with Crippen molar-refractivity contribution in [2.45, 2.75) is 26.4 Å². The second kappa shape index (κ2) is 3.04. The quantitative estimate of drug-likeness (QED) is 0.697. The van der Waals surface area contributed by atoms with Gasteiger partial charge < -0.3 is 5.11 Å². The van der Waals surface area contributed by atoms with Crippen LogP contribution in [0.3, 0.4) is 0 Å². The fourth-order valence-electron chi connectivity index (χ4n) is 0.906. The zero-order valence-electron chi connectivity index (χ0n) is 7.72. The number of aliphatic hydroxyl groups is 1. The highest BCUT2D eigenvalue weighted by atomic mass is 32.1. The van der Waals surface area contributed by atoms with E-state index in [0.717, 1.165) is 10.5 Å². The Kier molecular flexibility index (Phi) is 2.40. The van der Waals surface area contributed by atoms with Crippen molar-refractivity contribution >= 4 is 11.3 Å². The van der Waals surface area contributed by atoms with E-state index in [2.05, 4.69) is 6.58 Å². The topological polar surface area (TPSA) is 20.2 Å². The average molecular weight is 182 g/mol. The van der Waals surface area contributed by atoms with E-state index in [1.165, 1.54) is 4.88 Å². The summed E-state index contributed by atoms with van der Waals surface area (Å²) in [6, 6.07) is 3.96. The maximum Gasteiger partial charge on any atom is 0.116 e. The van der Waals surface area contributed by atoms with E-state index in [9.17, 15) is 5.11 Å². The Morgan fingerprint density at radius 3 is 2.50 bits per heavy atom. The molecule has 0 bridgehead atoms. The average Bonchev–Trinajstić information content (AvgIpc) is 2.35. The summed E-state index contributed by atoms with van der Waals surface area (Å²) in [7, 11) is 0. The summed E-state index contributed by atoms with van der Waals surface area (Å²) in [6.45, 7) is 9.42. The van der Waals surface area contributed by atoms with Crippen LogP contribution >= 0.6 is 11.3 Å². The molecule has 0 aliphatic carbocycles. The van der Waals surface area contributed by atoms with Crippen LogP contribution in [0.4, 0.5) is 0 Å². The lowest BCUT2D eigenvalue weighted by Crippen LogP contribution is -2.20. The van der Waals surface area contributed by atoms with Crippen molar-refractivity contribution in [2.75, 3.05) is 0 Å². The normalized spacial score (nSPS) is 15.7. The van der Waals surface area contributed by atoms with E-state index < -0.39 is 5.60 Å². The number of hydrogen-bond acceptors (Lipinski definition) is 2. The van der Waals surface area contributed by atoms with Crippen LogP contribution in [-0.4, -0.2) is 5.11 Å². The molecule has 1 aromatic heterocycles. The molecule has 1 nitrogen and oxygen atoms in total. The molecule has 1 atom stereocenters. The summed E-state index contributed by atoms with van der Waals surface area (Å²) in [5.41, 5.74) is -0.0804. The van der Waals surface area contributed by atoms with Gasteiger partial charge in [0.25, 0.3) is 0 Å². The minimum Gasteiger partial charge on any atom is -0.380 e. The Morgan fingerprint density at radius 2 is 2.17 bits per heavy atom. The van der Waals surface area contributed by atoms with Gasteiger partial charge in [0.2, 0.25) is 0 Å². The van der Waals surface area contributed by atoms with Crippen LogP contribution in [0.1, 0.15) is 23.6 Å². The fourth-order valence-corrected chi connectivity index (χ4v) is 1.90. The van der Waals surface area contributed by atoms with Gasteiger partial charge in [0.1, 0.15) is 5.60 Å². The summed E-state index contributed by atoms with van der Waals surface area (Å²) in [5.74, 6) is 0. The standard InChI is InChI=1S/C10H14OS/c1-7(2)10(4,11)9-6-5-8(3)12-9/h5-6,11H,1H2,2-4H3. The Morgan fingerprint density at radius 1 is 1.58 bits per heavy atom. The summed E-state index contributed by atoms with van der Waals surface area (Å²) in [5, 5.41) is 9.99. The van der Waals surface area contributed by atoms with Crippen LogP contribution in [-0.2, 0) is 5.60 Å². The van der Waals surface area contributed by atoms with Gasteiger partial charge in [-0.1, -0.05) is 6.58 Å². The van der Waals surface area contributed by atoms with Crippen LogP contribution in [0, 0.1) is 6.92 Å². The predicted octanol–water partition coefficient (Wildman–Crippen LogP) is 2.84. The predicted molar refractivity (Wildman–Crippen MR) is 53.4 cm³/mol. The molecule has 1 N–H and O–H groups in total. The third kappa shape index (κ3) is 1.59. The summed E-state index contributed by atoms with van der Waals surface area (Å²) >= 11 is 1.61. The van der Waals surface area contributed by atoms with Crippen LogP contribution < -0.4 is 0 Å².